The summed E-state index contributed by atoms with van der Waals surface area (Å²) in [6, 6.07) is 6.37. The number of nitrogens with zero attached hydrogens (tertiary/aromatic N) is 2. The monoisotopic (exact) mass is 295 g/mol. The number of ether oxygens (including phenoxy) is 1. The van der Waals surface area contributed by atoms with Crippen molar-refractivity contribution in [2.24, 2.45) is 0 Å². The predicted molar refractivity (Wildman–Crippen MR) is 78.2 cm³/mol. The molecule has 0 saturated carbocycles. The van der Waals surface area contributed by atoms with Crippen LogP contribution in [0.5, 0.6) is 5.75 Å². The van der Waals surface area contributed by atoms with Gasteiger partial charge in [-0.1, -0.05) is 13.3 Å². The number of alkyl halides is 2. The molecule has 21 heavy (non-hydrogen) atoms. The maximum atomic E-state index is 12.1. The summed E-state index contributed by atoms with van der Waals surface area (Å²) in [6.07, 6.45) is 4.17. The van der Waals surface area contributed by atoms with Crippen LogP contribution < -0.4 is 10.1 Å². The van der Waals surface area contributed by atoms with Crippen molar-refractivity contribution in [2.45, 2.75) is 39.8 Å². The van der Waals surface area contributed by atoms with Crippen molar-refractivity contribution < 1.29 is 13.5 Å². The Morgan fingerprint density at radius 3 is 2.62 bits per heavy atom. The smallest absolute Gasteiger partial charge is 0.387 e. The third-order valence-corrected chi connectivity index (χ3v) is 2.99. The molecule has 114 valence electrons. The second-order valence-corrected chi connectivity index (χ2v) is 4.78. The molecule has 4 nitrogen and oxygen atoms in total. The number of aryl methyl sites for hydroxylation is 2. The molecule has 6 heteroatoms. The summed E-state index contributed by atoms with van der Waals surface area (Å²) in [5.74, 6) is 0.893. The Hall–Kier alpha value is -2.11. The van der Waals surface area contributed by atoms with E-state index >= 15 is 0 Å². The third-order valence-electron chi connectivity index (χ3n) is 2.99. The second-order valence-electron chi connectivity index (χ2n) is 4.78. The van der Waals surface area contributed by atoms with E-state index in [1.54, 1.807) is 12.1 Å². The SMILES string of the molecule is CCCCn1cc(C)nc1Nc1ccc(OC(F)F)cc1. The molecular weight excluding hydrogens is 276 g/mol. The van der Waals surface area contributed by atoms with E-state index < -0.39 is 6.61 Å². The molecule has 0 amide bonds. The van der Waals surface area contributed by atoms with Crippen molar-refractivity contribution >= 4 is 11.6 Å². The summed E-state index contributed by atoms with van der Waals surface area (Å²) in [6.45, 7) is 2.16. The average Bonchev–Trinajstić information content (AvgIpc) is 2.78. The highest BCUT2D eigenvalue weighted by Gasteiger charge is 2.07. The molecule has 2 aromatic rings. The fourth-order valence-electron chi connectivity index (χ4n) is 1.99. The summed E-state index contributed by atoms with van der Waals surface area (Å²) in [4.78, 5) is 4.43. The lowest BCUT2D eigenvalue weighted by Gasteiger charge is -2.10. The second kappa shape index (κ2) is 7.06. The molecular formula is C15H19F2N3O. The first-order valence-electron chi connectivity index (χ1n) is 6.94. The molecule has 0 atom stereocenters. The number of nitrogens with one attached hydrogen (secondary N) is 1. The molecule has 1 aromatic carbocycles. The van der Waals surface area contributed by atoms with Crippen LogP contribution in [0.2, 0.25) is 0 Å². The Balaban J connectivity index is 2.07. The lowest BCUT2D eigenvalue weighted by molar-refractivity contribution is -0.0498. The molecule has 0 spiro atoms. The van der Waals surface area contributed by atoms with Gasteiger partial charge in [0.1, 0.15) is 5.75 Å². The predicted octanol–water partition coefficient (Wildman–Crippen LogP) is 4.34. The van der Waals surface area contributed by atoms with Gasteiger partial charge < -0.3 is 14.6 Å². The zero-order valence-corrected chi connectivity index (χ0v) is 12.1. The van der Waals surface area contributed by atoms with Crippen molar-refractivity contribution in [2.75, 3.05) is 5.32 Å². The van der Waals surface area contributed by atoms with Gasteiger partial charge in [0.25, 0.3) is 0 Å². The standard InChI is InChI=1S/C15H19F2N3O/c1-3-4-9-20-10-11(2)18-15(20)19-12-5-7-13(8-6-12)21-14(16)17/h5-8,10,14H,3-4,9H2,1-2H3,(H,18,19). The van der Waals surface area contributed by atoms with Gasteiger partial charge >= 0.3 is 6.61 Å². The quantitative estimate of drug-likeness (QED) is 0.826. The van der Waals surface area contributed by atoms with E-state index in [1.807, 2.05) is 13.1 Å². The van der Waals surface area contributed by atoms with Gasteiger partial charge in [-0.2, -0.15) is 8.78 Å². The largest absolute Gasteiger partial charge is 0.435 e. The van der Waals surface area contributed by atoms with Gasteiger partial charge in [0, 0.05) is 18.4 Å². The van der Waals surface area contributed by atoms with Crippen LogP contribution in [0.1, 0.15) is 25.5 Å². The van der Waals surface area contributed by atoms with E-state index in [0.717, 1.165) is 36.7 Å². The highest BCUT2D eigenvalue weighted by atomic mass is 19.3. The first-order chi connectivity index (χ1) is 10.1. The maximum absolute atomic E-state index is 12.1. The minimum absolute atomic E-state index is 0.140. The molecule has 0 aliphatic rings. The maximum Gasteiger partial charge on any atom is 0.387 e. The van der Waals surface area contributed by atoms with Crippen LogP contribution in [-0.2, 0) is 6.54 Å². The Morgan fingerprint density at radius 2 is 2.00 bits per heavy atom. The van der Waals surface area contributed by atoms with Gasteiger partial charge in [-0.25, -0.2) is 4.98 Å². The number of hydrogen-bond acceptors (Lipinski definition) is 3. The normalized spacial score (nSPS) is 10.9. The number of unbranched alkanes of at least 4 members (excludes halogenated alkanes) is 1. The van der Waals surface area contributed by atoms with Crippen molar-refractivity contribution in [3.05, 3.63) is 36.2 Å². The highest BCUT2D eigenvalue weighted by Crippen LogP contribution is 2.21. The van der Waals surface area contributed by atoms with E-state index in [-0.39, 0.29) is 5.75 Å². The molecule has 0 aliphatic carbocycles. The van der Waals surface area contributed by atoms with Crippen LogP contribution in [0, 0.1) is 6.92 Å². The van der Waals surface area contributed by atoms with Gasteiger partial charge in [-0.15, -0.1) is 0 Å². The molecule has 0 unspecified atom stereocenters. The molecule has 0 saturated heterocycles. The molecule has 1 N–H and O–H groups in total. The summed E-state index contributed by atoms with van der Waals surface area (Å²) in [7, 11) is 0. The van der Waals surface area contributed by atoms with E-state index in [9.17, 15) is 8.78 Å². The Morgan fingerprint density at radius 1 is 1.29 bits per heavy atom. The number of hydrogen-bond donors (Lipinski definition) is 1. The molecule has 1 aromatic heterocycles. The van der Waals surface area contributed by atoms with E-state index in [1.165, 1.54) is 12.1 Å². The molecule has 1 heterocycles. The fourth-order valence-corrected chi connectivity index (χ4v) is 1.99. The zero-order valence-electron chi connectivity index (χ0n) is 12.1. The molecule has 2 rings (SSSR count). The first kappa shape index (κ1) is 15.3. The topological polar surface area (TPSA) is 39.1 Å². The van der Waals surface area contributed by atoms with Crippen LogP contribution in [0.25, 0.3) is 0 Å². The summed E-state index contributed by atoms with van der Waals surface area (Å²) in [5, 5.41) is 3.19. The number of halogens is 2. The van der Waals surface area contributed by atoms with Gasteiger partial charge in [-0.3, -0.25) is 0 Å². The van der Waals surface area contributed by atoms with E-state index in [2.05, 4.69) is 26.5 Å². The van der Waals surface area contributed by atoms with Gasteiger partial charge in [0.2, 0.25) is 5.95 Å². The molecule has 0 aliphatic heterocycles. The van der Waals surface area contributed by atoms with Crippen LogP contribution in [0.15, 0.2) is 30.5 Å². The zero-order chi connectivity index (χ0) is 15.2. The minimum Gasteiger partial charge on any atom is -0.435 e. The number of benzene rings is 1. The number of anilines is 2. The highest BCUT2D eigenvalue weighted by molar-refractivity contribution is 5.55. The number of aromatic nitrogens is 2. The molecule has 0 fully saturated rings. The molecule has 0 bridgehead atoms. The van der Waals surface area contributed by atoms with Crippen LogP contribution in [-0.4, -0.2) is 16.2 Å². The number of imidazole rings is 1. The Kier molecular flexibility index (Phi) is 5.14. The van der Waals surface area contributed by atoms with Crippen LogP contribution >= 0.6 is 0 Å². The summed E-state index contributed by atoms with van der Waals surface area (Å²) < 4.78 is 30.6. The lowest BCUT2D eigenvalue weighted by Crippen LogP contribution is -2.04. The third kappa shape index (κ3) is 4.44. The minimum atomic E-state index is -2.81. The van der Waals surface area contributed by atoms with E-state index in [4.69, 9.17) is 0 Å². The van der Waals surface area contributed by atoms with Crippen molar-refractivity contribution in [1.82, 2.24) is 9.55 Å². The van der Waals surface area contributed by atoms with Gasteiger partial charge in [0.15, 0.2) is 0 Å². The van der Waals surface area contributed by atoms with E-state index in [0.29, 0.717) is 0 Å². The van der Waals surface area contributed by atoms with Crippen molar-refractivity contribution in [1.29, 1.82) is 0 Å². The van der Waals surface area contributed by atoms with Crippen molar-refractivity contribution in [3.8, 4) is 5.75 Å². The Labute approximate surface area is 122 Å². The van der Waals surface area contributed by atoms with Crippen molar-refractivity contribution in [3.63, 3.8) is 0 Å². The summed E-state index contributed by atoms with van der Waals surface area (Å²) in [5.41, 5.74) is 1.71. The van der Waals surface area contributed by atoms with Gasteiger partial charge in [-0.05, 0) is 37.6 Å². The number of rotatable bonds is 7. The lowest BCUT2D eigenvalue weighted by atomic mass is 10.3. The van der Waals surface area contributed by atoms with Crippen LogP contribution in [0.3, 0.4) is 0 Å². The van der Waals surface area contributed by atoms with Gasteiger partial charge in [0.05, 0.1) is 5.69 Å². The van der Waals surface area contributed by atoms with Crippen LogP contribution in [0.4, 0.5) is 20.4 Å². The summed E-state index contributed by atoms with van der Waals surface area (Å²) >= 11 is 0. The fraction of sp³-hybridized carbons (Fsp3) is 0.400. The Bertz CT molecular complexity index is 567. The average molecular weight is 295 g/mol. The first-order valence-corrected chi connectivity index (χ1v) is 6.94. The molecule has 0 radical (unpaired) electrons.